The topological polar surface area (TPSA) is 15.3 Å². The van der Waals surface area contributed by atoms with E-state index in [-0.39, 0.29) is 0 Å². The largest absolute Gasteiger partial charge is 0.308 e. The minimum atomic E-state index is 0.307. The first-order chi connectivity index (χ1) is 9.79. The van der Waals surface area contributed by atoms with Gasteiger partial charge in [0, 0.05) is 40.6 Å². The first kappa shape index (κ1) is 16.0. The van der Waals surface area contributed by atoms with E-state index in [0.29, 0.717) is 17.0 Å². The van der Waals surface area contributed by atoms with Crippen molar-refractivity contribution in [3.05, 3.63) is 20.8 Å². The van der Waals surface area contributed by atoms with Crippen molar-refractivity contribution in [3.8, 4) is 0 Å². The maximum atomic E-state index is 3.89. The van der Waals surface area contributed by atoms with Gasteiger partial charge in [0.2, 0.25) is 0 Å². The van der Waals surface area contributed by atoms with Crippen LogP contribution < -0.4 is 5.32 Å². The minimum Gasteiger partial charge on any atom is -0.308 e. The average molecular weight is 371 g/mol. The van der Waals surface area contributed by atoms with E-state index in [4.69, 9.17) is 0 Å². The summed E-state index contributed by atoms with van der Waals surface area (Å²) in [5, 5.41) is 6.08. The van der Waals surface area contributed by atoms with Crippen LogP contribution in [-0.2, 0) is 6.54 Å². The number of hydrogen-bond donors (Lipinski definition) is 1. The Kier molecular flexibility index (Phi) is 4.28. The fraction of sp³-hybridized carbons (Fsp3) is 0.765. The van der Waals surface area contributed by atoms with E-state index in [0.717, 1.165) is 19.0 Å². The summed E-state index contributed by atoms with van der Waals surface area (Å²) in [6, 6.07) is 2.77. The Morgan fingerprint density at radius 2 is 2.14 bits per heavy atom. The Morgan fingerprint density at radius 3 is 2.67 bits per heavy atom. The molecule has 1 saturated heterocycles. The number of piperazine rings is 1. The van der Waals surface area contributed by atoms with E-state index < -0.39 is 0 Å². The van der Waals surface area contributed by atoms with Crippen molar-refractivity contribution in [2.75, 3.05) is 13.1 Å². The van der Waals surface area contributed by atoms with Gasteiger partial charge in [-0.1, -0.05) is 20.8 Å². The molecule has 2 atom stereocenters. The highest BCUT2D eigenvalue weighted by atomic mass is 79.9. The van der Waals surface area contributed by atoms with Gasteiger partial charge in [-0.25, -0.2) is 0 Å². The molecule has 1 aliphatic carbocycles. The molecule has 0 bridgehead atoms. The summed E-state index contributed by atoms with van der Waals surface area (Å²) in [5.41, 5.74) is 0.618. The lowest BCUT2D eigenvalue weighted by atomic mass is 9.80. The number of thiophene rings is 1. The van der Waals surface area contributed by atoms with E-state index >= 15 is 0 Å². The molecule has 118 valence electrons. The third kappa shape index (κ3) is 3.39. The van der Waals surface area contributed by atoms with Gasteiger partial charge in [-0.2, -0.15) is 0 Å². The Labute approximate surface area is 141 Å². The van der Waals surface area contributed by atoms with Crippen molar-refractivity contribution in [2.24, 2.45) is 11.3 Å². The molecule has 1 N–H and O–H groups in total. The number of halogens is 1. The number of nitrogens with one attached hydrogen (secondary N) is 1. The van der Waals surface area contributed by atoms with E-state index in [1.807, 2.05) is 11.3 Å². The zero-order valence-corrected chi connectivity index (χ0v) is 16.0. The van der Waals surface area contributed by atoms with Gasteiger partial charge >= 0.3 is 0 Å². The molecule has 0 amide bonds. The molecule has 0 aromatic carbocycles. The second-order valence-electron chi connectivity index (χ2n) is 8.05. The molecule has 2 unspecified atom stereocenters. The van der Waals surface area contributed by atoms with E-state index in [9.17, 15) is 0 Å². The summed E-state index contributed by atoms with van der Waals surface area (Å²) >= 11 is 5.57. The Hall–Kier alpha value is 0.100. The molecule has 2 heterocycles. The molecule has 4 heteroatoms. The summed E-state index contributed by atoms with van der Waals surface area (Å²) in [4.78, 5) is 4.19. The van der Waals surface area contributed by atoms with Crippen LogP contribution in [-0.4, -0.2) is 29.6 Å². The van der Waals surface area contributed by atoms with Crippen LogP contribution in [0.25, 0.3) is 0 Å². The first-order valence-corrected chi connectivity index (χ1v) is 9.68. The van der Waals surface area contributed by atoms with Gasteiger partial charge < -0.3 is 5.32 Å². The maximum Gasteiger partial charge on any atom is 0.0343 e. The molecular formula is C17H27BrN2S. The quantitative estimate of drug-likeness (QED) is 0.842. The predicted octanol–water partition coefficient (Wildman–Crippen LogP) is 4.50. The third-order valence-corrected chi connectivity index (χ3v) is 7.10. The van der Waals surface area contributed by atoms with Crippen molar-refractivity contribution >= 4 is 27.3 Å². The summed E-state index contributed by atoms with van der Waals surface area (Å²) in [7, 11) is 0. The molecule has 2 aliphatic rings. The SMILES string of the molecule is CC(C)(C)C1CNC(C)(C2CC2)CN1Cc1sccc1Br. The van der Waals surface area contributed by atoms with E-state index in [1.165, 1.54) is 28.7 Å². The van der Waals surface area contributed by atoms with Gasteiger partial charge in [-0.05, 0) is 58.5 Å². The van der Waals surface area contributed by atoms with E-state index in [1.54, 1.807) is 0 Å². The molecule has 2 nitrogen and oxygen atoms in total. The third-order valence-electron chi connectivity index (χ3n) is 5.19. The smallest absolute Gasteiger partial charge is 0.0343 e. The van der Waals surface area contributed by atoms with Crippen molar-refractivity contribution in [1.82, 2.24) is 10.2 Å². The van der Waals surface area contributed by atoms with Crippen molar-refractivity contribution < 1.29 is 0 Å². The molecule has 1 aromatic rings. The number of nitrogens with zero attached hydrogens (tertiary/aromatic N) is 1. The lowest BCUT2D eigenvalue weighted by Gasteiger charge is -2.51. The van der Waals surface area contributed by atoms with Crippen molar-refractivity contribution in [3.63, 3.8) is 0 Å². The molecule has 0 radical (unpaired) electrons. The average Bonchev–Trinajstić information content (AvgIpc) is 3.15. The van der Waals surface area contributed by atoms with Gasteiger partial charge in [-0.15, -0.1) is 11.3 Å². The summed E-state index contributed by atoms with van der Waals surface area (Å²) < 4.78 is 1.27. The minimum absolute atomic E-state index is 0.307. The zero-order chi connectivity index (χ0) is 15.3. The van der Waals surface area contributed by atoms with Crippen LogP contribution in [0.1, 0.15) is 45.4 Å². The monoisotopic (exact) mass is 370 g/mol. The Bertz CT molecular complexity index is 503. The summed E-state index contributed by atoms with van der Waals surface area (Å²) in [5.74, 6) is 0.882. The fourth-order valence-corrected chi connectivity index (χ4v) is 5.19. The molecule has 1 saturated carbocycles. The predicted molar refractivity (Wildman–Crippen MR) is 94.8 cm³/mol. The van der Waals surface area contributed by atoms with Crippen molar-refractivity contribution in [2.45, 2.75) is 58.7 Å². The highest BCUT2D eigenvalue weighted by molar-refractivity contribution is 9.10. The molecule has 2 fully saturated rings. The maximum absolute atomic E-state index is 3.89. The first-order valence-electron chi connectivity index (χ1n) is 8.00. The molecule has 1 aliphatic heterocycles. The molecule has 0 spiro atoms. The van der Waals surface area contributed by atoms with Crippen molar-refractivity contribution in [1.29, 1.82) is 0 Å². The second kappa shape index (κ2) is 5.63. The molecule has 1 aromatic heterocycles. The Morgan fingerprint density at radius 1 is 1.43 bits per heavy atom. The summed E-state index contributed by atoms with van der Waals surface area (Å²) in [6.45, 7) is 12.9. The van der Waals surface area contributed by atoms with Crippen LogP contribution in [0, 0.1) is 11.3 Å². The number of rotatable bonds is 3. The standard InChI is InChI=1S/C17H27BrN2S/c1-16(2,3)15-9-19-17(4,12-5-6-12)11-20(15)10-14-13(18)7-8-21-14/h7-8,12,15,19H,5-6,9-11H2,1-4H3. The Balaban J connectivity index is 1.81. The number of hydrogen-bond acceptors (Lipinski definition) is 3. The van der Waals surface area contributed by atoms with Gasteiger partial charge in [0.1, 0.15) is 0 Å². The lowest BCUT2D eigenvalue weighted by Crippen LogP contribution is -2.66. The van der Waals surface area contributed by atoms with Gasteiger partial charge in [0.15, 0.2) is 0 Å². The van der Waals surface area contributed by atoms with Gasteiger partial charge in [0.05, 0.1) is 0 Å². The van der Waals surface area contributed by atoms with Crippen LogP contribution in [0.15, 0.2) is 15.9 Å². The van der Waals surface area contributed by atoms with Crippen LogP contribution in [0.4, 0.5) is 0 Å². The highest BCUT2D eigenvalue weighted by Crippen LogP contribution is 2.43. The van der Waals surface area contributed by atoms with Crippen LogP contribution in [0.2, 0.25) is 0 Å². The van der Waals surface area contributed by atoms with Crippen LogP contribution >= 0.6 is 27.3 Å². The molecule has 21 heavy (non-hydrogen) atoms. The van der Waals surface area contributed by atoms with Crippen LogP contribution in [0.5, 0.6) is 0 Å². The van der Waals surface area contributed by atoms with Gasteiger partial charge in [0.25, 0.3) is 0 Å². The zero-order valence-electron chi connectivity index (χ0n) is 13.6. The molecule has 3 rings (SSSR count). The summed E-state index contributed by atoms with van der Waals surface area (Å²) in [6.07, 6.45) is 2.81. The highest BCUT2D eigenvalue weighted by Gasteiger charge is 2.47. The fourth-order valence-electron chi connectivity index (χ4n) is 3.68. The molecular weight excluding hydrogens is 344 g/mol. The second-order valence-corrected chi connectivity index (χ2v) is 9.91. The van der Waals surface area contributed by atoms with E-state index in [2.05, 4.69) is 65.3 Å². The lowest BCUT2D eigenvalue weighted by molar-refractivity contribution is 0.0151. The normalized spacial score (nSPS) is 31.6. The van der Waals surface area contributed by atoms with Gasteiger partial charge in [-0.3, -0.25) is 4.90 Å². The van der Waals surface area contributed by atoms with Crippen LogP contribution in [0.3, 0.4) is 0 Å².